The highest BCUT2D eigenvalue weighted by Gasteiger charge is 2.41. The van der Waals surface area contributed by atoms with E-state index in [-0.39, 0.29) is 12.0 Å². The molecule has 1 atom stereocenters. The fourth-order valence-corrected chi connectivity index (χ4v) is 1.86. The fourth-order valence-electron chi connectivity index (χ4n) is 1.86. The van der Waals surface area contributed by atoms with E-state index in [4.69, 9.17) is 10.00 Å². The molecule has 0 aromatic rings. The van der Waals surface area contributed by atoms with Crippen LogP contribution in [0.25, 0.3) is 0 Å². The molecular weight excluding hydrogens is 192 g/mol. The van der Waals surface area contributed by atoms with E-state index in [1.165, 1.54) is 0 Å². The summed E-state index contributed by atoms with van der Waals surface area (Å²) in [5.74, 6) is -0.133. The molecule has 1 aliphatic rings. The Bertz CT molecular complexity index is 264. The number of rotatable bonds is 4. The van der Waals surface area contributed by atoms with Crippen molar-refractivity contribution in [3.63, 3.8) is 0 Å². The van der Waals surface area contributed by atoms with Gasteiger partial charge in [0.05, 0.1) is 12.2 Å². The van der Waals surface area contributed by atoms with Crippen LogP contribution in [0.4, 0.5) is 0 Å². The van der Waals surface area contributed by atoms with E-state index < -0.39 is 5.41 Å². The quantitative estimate of drug-likeness (QED) is 0.759. The number of nitrogens with one attached hydrogen (secondary N) is 1. The molecule has 1 aliphatic carbocycles. The highest BCUT2D eigenvalue weighted by Crippen LogP contribution is 2.37. The molecule has 0 aromatic carbocycles. The SMILES string of the molecule is COC(C)CNC(=O)C1(C#N)CCCC1. The zero-order valence-corrected chi connectivity index (χ0v) is 9.38. The van der Waals surface area contributed by atoms with Gasteiger partial charge in [-0.15, -0.1) is 0 Å². The molecule has 1 unspecified atom stereocenters. The summed E-state index contributed by atoms with van der Waals surface area (Å²) in [4.78, 5) is 11.8. The average molecular weight is 210 g/mol. The number of nitrogens with zero attached hydrogens (tertiary/aromatic N) is 1. The maximum Gasteiger partial charge on any atom is 0.240 e. The number of ether oxygens (including phenoxy) is 1. The first kappa shape index (κ1) is 12.0. The molecule has 0 aromatic heterocycles. The Hall–Kier alpha value is -1.08. The van der Waals surface area contributed by atoms with E-state index in [9.17, 15) is 4.79 Å². The molecule has 1 saturated carbocycles. The van der Waals surface area contributed by atoms with E-state index >= 15 is 0 Å². The maximum atomic E-state index is 11.8. The molecule has 15 heavy (non-hydrogen) atoms. The third-order valence-corrected chi connectivity index (χ3v) is 3.06. The molecule has 0 aliphatic heterocycles. The monoisotopic (exact) mass is 210 g/mol. The zero-order chi connectivity index (χ0) is 11.3. The van der Waals surface area contributed by atoms with Crippen LogP contribution >= 0.6 is 0 Å². The Balaban J connectivity index is 2.48. The lowest BCUT2D eigenvalue weighted by Gasteiger charge is -2.20. The van der Waals surface area contributed by atoms with Gasteiger partial charge in [-0.3, -0.25) is 4.79 Å². The van der Waals surface area contributed by atoms with E-state index in [0.29, 0.717) is 19.4 Å². The minimum atomic E-state index is -0.770. The van der Waals surface area contributed by atoms with Crippen LogP contribution in [0.15, 0.2) is 0 Å². The summed E-state index contributed by atoms with van der Waals surface area (Å²) in [7, 11) is 1.60. The molecule has 0 bridgehead atoms. The van der Waals surface area contributed by atoms with Crippen LogP contribution in [0.5, 0.6) is 0 Å². The number of nitriles is 1. The molecule has 0 heterocycles. The molecule has 1 amide bonds. The largest absolute Gasteiger partial charge is 0.380 e. The summed E-state index contributed by atoms with van der Waals surface area (Å²) in [6, 6.07) is 2.17. The number of carbonyl (C=O) groups is 1. The Morgan fingerprint density at radius 2 is 2.20 bits per heavy atom. The molecule has 84 valence electrons. The lowest BCUT2D eigenvalue weighted by Crippen LogP contribution is -2.41. The molecule has 1 N–H and O–H groups in total. The lowest BCUT2D eigenvalue weighted by atomic mass is 9.87. The van der Waals surface area contributed by atoms with Crippen LogP contribution in [0, 0.1) is 16.7 Å². The van der Waals surface area contributed by atoms with Gasteiger partial charge in [-0.05, 0) is 19.8 Å². The van der Waals surface area contributed by atoms with Gasteiger partial charge in [0.2, 0.25) is 5.91 Å². The molecule has 0 spiro atoms. The minimum Gasteiger partial charge on any atom is -0.380 e. The highest BCUT2D eigenvalue weighted by molar-refractivity contribution is 5.85. The van der Waals surface area contributed by atoms with Gasteiger partial charge in [0, 0.05) is 13.7 Å². The van der Waals surface area contributed by atoms with Crippen LogP contribution in [-0.2, 0) is 9.53 Å². The summed E-state index contributed by atoms with van der Waals surface area (Å²) in [5, 5.41) is 11.8. The van der Waals surface area contributed by atoms with Gasteiger partial charge < -0.3 is 10.1 Å². The first-order valence-corrected chi connectivity index (χ1v) is 5.37. The van der Waals surface area contributed by atoms with E-state index in [0.717, 1.165) is 12.8 Å². The van der Waals surface area contributed by atoms with E-state index in [2.05, 4.69) is 11.4 Å². The van der Waals surface area contributed by atoms with Crippen molar-refractivity contribution in [1.29, 1.82) is 5.26 Å². The Morgan fingerprint density at radius 1 is 1.60 bits per heavy atom. The lowest BCUT2D eigenvalue weighted by molar-refractivity contribution is -0.128. The van der Waals surface area contributed by atoms with E-state index in [1.54, 1.807) is 7.11 Å². The smallest absolute Gasteiger partial charge is 0.240 e. The molecule has 4 nitrogen and oxygen atoms in total. The van der Waals surface area contributed by atoms with Crippen molar-refractivity contribution in [3.8, 4) is 6.07 Å². The van der Waals surface area contributed by atoms with Gasteiger partial charge in [0.15, 0.2) is 0 Å². The third kappa shape index (κ3) is 2.69. The van der Waals surface area contributed by atoms with Gasteiger partial charge in [-0.2, -0.15) is 5.26 Å². The zero-order valence-electron chi connectivity index (χ0n) is 9.38. The van der Waals surface area contributed by atoms with Gasteiger partial charge in [0.1, 0.15) is 5.41 Å². The van der Waals surface area contributed by atoms with Crippen LogP contribution in [0.1, 0.15) is 32.6 Å². The average Bonchev–Trinajstić information content (AvgIpc) is 2.75. The van der Waals surface area contributed by atoms with Gasteiger partial charge in [-0.1, -0.05) is 12.8 Å². The van der Waals surface area contributed by atoms with Crippen LogP contribution < -0.4 is 5.32 Å². The summed E-state index contributed by atoms with van der Waals surface area (Å²) in [6.07, 6.45) is 3.32. The van der Waals surface area contributed by atoms with E-state index in [1.807, 2.05) is 6.92 Å². The molecule has 0 saturated heterocycles. The number of amides is 1. The second-order valence-electron chi connectivity index (χ2n) is 4.16. The fraction of sp³-hybridized carbons (Fsp3) is 0.818. The topological polar surface area (TPSA) is 62.1 Å². The summed E-state index contributed by atoms with van der Waals surface area (Å²) >= 11 is 0. The number of hydrogen-bond acceptors (Lipinski definition) is 3. The third-order valence-electron chi connectivity index (χ3n) is 3.06. The highest BCUT2D eigenvalue weighted by atomic mass is 16.5. The van der Waals surface area contributed by atoms with Crippen LogP contribution in [0.2, 0.25) is 0 Å². The van der Waals surface area contributed by atoms with Crippen molar-refractivity contribution in [3.05, 3.63) is 0 Å². The summed E-state index contributed by atoms with van der Waals surface area (Å²) in [5.41, 5.74) is -0.770. The minimum absolute atomic E-state index is 0.00824. The number of hydrogen-bond donors (Lipinski definition) is 1. The molecule has 4 heteroatoms. The summed E-state index contributed by atoms with van der Waals surface area (Å²) < 4.78 is 5.03. The number of carbonyl (C=O) groups excluding carboxylic acids is 1. The van der Waals surface area contributed by atoms with Gasteiger partial charge >= 0.3 is 0 Å². The molecular formula is C11H18N2O2. The molecule has 0 radical (unpaired) electrons. The van der Waals surface area contributed by atoms with Crippen LogP contribution in [0.3, 0.4) is 0 Å². The summed E-state index contributed by atoms with van der Waals surface area (Å²) in [6.45, 7) is 2.35. The van der Waals surface area contributed by atoms with Crippen molar-refractivity contribution in [2.24, 2.45) is 5.41 Å². The predicted octanol–water partition coefficient (Wildman–Crippen LogP) is 1.22. The predicted molar refractivity (Wildman–Crippen MR) is 56.0 cm³/mol. The van der Waals surface area contributed by atoms with Crippen molar-refractivity contribution < 1.29 is 9.53 Å². The maximum absolute atomic E-state index is 11.8. The van der Waals surface area contributed by atoms with Crippen molar-refractivity contribution in [1.82, 2.24) is 5.32 Å². The first-order valence-electron chi connectivity index (χ1n) is 5.37. The Morgan fingerprint density at radius 3 is 2.67 bits per heavy atom. The standard InChI is InChI=1S/C11H18N2O2/c1-9(15-2)7-13-10(14)11(8-12)5-3-4-6-11/h9H,3-7H2,1-2H3,(H,13,14). The van der Waals surface area contributed by atoms with Crippen molar-refractivity contribution in [2.75, 3.05) is 13.7 Å². The Kier molecular flexibility index (Phi) is 4.10. The van der Waals surface area contributed by atoms with Gasteiger partial charge in [-0.25, -0.2) is 0 Å². The normalized spacial score (nSPS) is 20.6. The molecule has 1 fully saturated rings. The first-order chi connectivity index (χ1) is 7.14. The second kappa shape index (κ2) is 5.13. The van der Waals surface area contributed by atoms with Crippen molar-refractivity contribution >= 4 is 5.91 Å². The Labute approximate surface area is 90.6 Å². The molecule has 1 rings (SSSR count). The number of methoxy groups -OCH3 is 1. The van der Waals surface area contributed by atoms with Gasteiger partial charge in [0.25, 0.3) is 0 Å². The van der Waals surface area contributed by atoms with Crippen LogP contribution in [-0.4, -0.2) is 25.7 Å². The second-order valence-corrected chi connectivity index (χ2v) is 4.16. The van der Waals surface area contributed by atoms with Crippen molar-refractivity contribution in [2.45, 2.75) is 38.7 Å².